The number of hydrazine groups is 1. The average Bonchev–Trinajstić information content (AvgIpc) is 2.95. The van der Waals surface area contributed by atoms with Gasteiger partial charge in [0.05, 0.1) is 0 Å². The van der Waals surface area contributed by atoms with Crippen molar-refractivity contribution in [2.24, 2.45) is 11.8 Å². The fourth-order valence-corrected chi connectivity index (χ4v) is 5.93. The third-order valence-electron chi connectivity index (χ3n) is 4.48. The van der Waals surface area contributed by atoms with Gasteiger partial charge in [-0.25, -0.2) is 19.2 Å². The molecule has 2 atom stereocenters. The van der Waals surface area contributed by atoms with Crippen LogP contribution >= 0.6 is 15.9 Å². The molecular weight excluding hydrogens is 356 g/mol. The van der Waals surface area contributed by atoms with E-state index in [9.17, 15) is 8.42 Å². The molecule has 2 aliphatic rings. The molecule has 3 rings (SSSR count). The monoisotopic (exact) mass is 374 g/mol. The lowest BCUT2D eigenvalue weighted by Gasteiger charge is -2.36. The predicted octanol–water partition coefficient (Wildman–Crippen LogP) is 2.08. The van der Waals surface area contributed by atoms with E-state index in [0.29, 0.717) is 16.9 Å². The molecule has 1 saturated carbocycles. The Kier molecular flexibility index (Phi) is 4.22. The van der Waals surface area contributed by atoms with Gasteiger partial charge in [-0.3, -0.25) is 0 Å². The molecule has 0 amide bonds. The highest BCUT2D eigenvalue weighted by Crippen LogP contribution is 2.40. The molecule has 1 aromatic rings. The first-order chi connectivity index (χ1) is 10.0. The van der Waals surface area contributed by atoms with Crippen LogP contribution in [0.25, 0.3) is 0 Å². The summed E-state index contributed by atoms with van der Waals surface area (Å²) in [5, 5.41) is 0. The van der Waals surface area contributed by atoms with E-state index in [1.54, 1.807) is 10.4 Å². The number of nitrogens with zero attached hydrogens (tertiary/aromatic N) is 2. The Morgan fingerprint density at radius 3 is 2.86 bits per heavy atom. The quantitative estimate of drug-likeness (QED) is 0.624. The number of sulfonamides is 1. The van der Waals surface area contributed by atoms with Gasteiger partial charge < -0.3 is 5.43 Å². The highest BCUT2D eigenvalue weighted by atomic mass is 79.9. The average molecular weight is 375 g/mol. The lowest BCUT2D eigenvalue weighted by Crippen LogP contribution is -2.46. The summed E-state index contributed by atoms with van der Waals surface area (Å²) in [6, 6.07) is 1.70. The van der Waals surface area contributed by atoms with E-state index in [1.807, 2.05) is 0 Å². The van der Waals surface area contributed by atoms with E-state index in [-0.39, 0.29) is 16.8 Å². The van der Waals surface area contributed by atoms with Crippen molar-refractivity contribution in [2.75, 3.05) is 12.0 Å². The lowest BCUT2D eigenvalue weighted by molar-refractivity contribution is 0.202. The fourth-order valence-electron chi connectivity index (χ4n) is 3.56. The molecule has 0 aromatic carbocycles. The standard InChI is InChI=1S/C13H19BrN4O2S/c14-10-7-12(13(17-15)16-8-10)21(19,20)18-6-2-4-9-3-1-5-11(9)18/h7-9,11H,1-6,15H2,(H,16,17). The second-order valence-corrected chi connectivity index (χ2v) is 8.44. The zero-order chi connectivity index (χ0) is 15.0. The summed E-state index contributed by atoms with van der Waals surface area (Å²) in [6.45, 7) is 0.583. The zero-order valence-electron chi connectivity index (χ0n) is 11.6. The molecule has 0 spiro atoms. The van der Waals surface area contributed by atoms with Crippen LogP contribution in [-0.4, -0.2) is 30.3 Å². The number of anilines is 1. The first-order valence-corrected chi connectivity index (χ1v) is 9.41. The van der Waals surface area contributed by atoms with Crippen molar-refractivity contribution < 1.29 is 8.42 Å². The van der Waals surface area contributed by atoms with E-state index >= 15 is 0 Å². The highest BCUT2D eigenvalue weighted by molar-refractivity contribution is 9.10. The van der Waals surface area contributed by atoms with Crippen LogP contribution in [-0.2, 0) is 10.0 Å². The molecular formula is C13H19BrN4O2S. The number of fused-ring (bicyclic) bond motifs is 1. The summed E-state index contributed by atoms with van der Waals surface area (Å²) in [4.78, 5) is 4.20. The van der Waals surface area contributed by atoms with Gasteiger partial charge >= 0.3 is 0 Å². The van der Waals surface area contributed by atoms with E-state index in [2.05, 4.69) is 26.3 Å². The molecule has 1 aromatic heterocycles. The molecule has 116 valence electrons. The predicted molar refractivity (Wildman–Crippen MR) is 84.0 cm³/mol. The minimum atomic E-state index is -3.58. The number of nitrogens with one attached hydrogen (secondary N) is 1. The van der Waals surface area contributed by atoms with Crippen LogP contribution in [0, 0.1) is 5.92 Å². The Morgan fingerprint density at radius 2 is 2.10 bits per heavy atom. The van der Waals surface area contributed by atoms with Gasteiger partial charge in [0.2, 0.25) is 10.0 Å². The summed E-state index contributed by atoms with van der Waals surface area (Å²) in [5.41, 5.74) is 2.39. The van der Waals surface area contributed by atoms with Gasteiger partial charge in [-0.1, -0.05) is 6.42 Å². The number of nitrogens with two attached hydrogens (primary N) is 1. The van der Waals surface area contributed by atoms with Gasteiger partial charge in [-0.15, -0.1) is 0 Å². The molecule has 3 N–H and O–H groups in total. The summed E-state index contributed by atoms with van der Waals surface area (Å²) in [6.07, 6.45) is 6.79. The number of aromatic nitrogens is 1. The molecule has 1 saturated heterocycles. The summed E-state index contributed by atoms with van der Waals surface area (Å²) in [7, 11) is -3.58. The number of piperidine rings is 1. The number of nitrogen functional groups attached to an aromatic ring is 1. The van der Waals surface area contributed by atoms with Crippen molar-refractivity contribution in [1.29, 1.82) is 0 Å². The Bertz CT molecular complexity index is 637. The normalized spacial score (nSPS) is 26.6. The Hall–Kier alpha value is -0.700. The van der Waals surface area contributed by atoms with Crippen molar-refractivity contribution in [2.45, 2.75) is 43.0 Å². The fraction of sp³-hybridized carbons (Fsp3) is 0.615. The second kappa shape index (κ2) is 5.83. The first kappa shape index (κ1) is 15.2. The third-order valence-corrected chi connectivity index (χ3v) is 6.86. The van der Waals surface area contributed by atoms with E-state index in [4.69, 9.17) is 5.84 Å². The lowest BCUT2D eigenvalue weighted by atomic mass is 9.94. The number of pyridine rings is 1. The molecule has 0 radical (unpaired) electrons. The molecule has 1 aliphatic carbocycles. The minimum absolute atomic E-state index is 0.133. The van der Waals surface area contributed by atoms with Gasteiger partial charge in [-0.2, -0.15) is 4.31 Å². The summed E-state index contributed by atoms with van der Waals surface area (Å²) >= 11 is 3.28. The largest absolute Gasteiger partial charge is 0.307 e. The van der Waals surface area contributed by atoms with Crippen LogP contribution in [0.15, 0.2) is 21.6 Å². The van der Waals surface area contributed by atoms with Crippen molar-refractivity contribution in [1.82, 2.24) is 9.29 Å². The molecule has 2 fully saturated rings. The van der Waals surface area contributed by atoms with Crippen LogP contribution in [0.5, 0.6) is 0 Å². The molecule has 21 heavy (non-hydrogen) atoms. The van der Waals surface area contributed by atoms with E-state index < -0.39 is 10.0 Å². The summed E-state index contributed by atoms with van der Waals surface area (Å²) in [5.74, 6) is 6.12. The molecule has 2 unspecified atom stereocenters. The van der Waals surface area contributed by atoms with Crippen LogP contribution < -0.4 is 11.3 Å². The second-order valence-electron chi connectivity index (χ2n) is 5.66. The van der Waals surface area contributed by atoms with Gasteiger partial charge in [0.25, 0.3) is 0 Å². The van der Waals surface area contributed by atoms with Gasteiger partial charge in [-0.05, 0) is 53.6 Å². The van der Waals surface area contributed by atoms with Crippen LogP contribution in [0.1, 0.15) is 32.1 Å². The number of hydrogen-bond acceptors (Lipinski definition) is 5. The Morgan fingerprint density at radius 1 is 1.33 bits per heavy atom. The van der Waals surface area contributed by atoms with E-state index in [1.165, 1.54) is 6.20 Å². The zero-order valence-corrected chi connectivity index (χ0v) is 14.0. The maximum Gasteiger partial charge on any atom is 0.247 e. The SMILES string of the molecule is NNc1ncc(Br)cc1S(=O)(=O)N1CCCC2CCCC21. The molecule has 8 heteroatoms. The van der Waals surface area contributed by atoms with Crippen LogP contribution in [0.2, 0.25) is 0 Å². The molecule has 2 heterocycles. The maximum absolute atomic E-state index is 13.0. The molecule has 6 nitrogen and oxygen atoms in total. The Labute approximate surface area is 133 Å². The maximum atomic E-state index is 13.0. The smallest absolute Gasteiger partial charge is 0.247 e. The molecule has 1 aliphatic heterocycles. The topological polar surface area (TPSA) is 88.3 Å². The summed E-state index contributed by atoms with van der Waals surface area (Å²) < 4.78 is 28.4. The van der Waals surface area contributed by atoms with Crippen molar-refractivity contribution in [3.63, 3.8) is 0 Å². The van der Waals surface area contributed by atoms with Crippen LogP contribution in [0.4, 0.5) is 5.82 Å². The number of halogens is 1. The van der Waals surface area contributed by atoms with E-state index in [0.717, 1.165) is 32.1 Å². The first-order valence-electron chi connectivity index (χ1n) is 7.18. The minimum Gasteiger partial charge on any atom is -0.307 e. The third kappa shape index (κ3) is 2.69. The highest BCUT2D eigenvalue weighted by Gasteiger charge is 2.42. The van der Waals surface area contributed by atoms with Gasteiger partial charge in [0.1, 0.15) is 4.90 Å². The van der Waals surface area contributed by atoms with Crippen LogP contribution in [0.3, 0.4) is 0 Å². The van der Waals surface area contributed by atoms with Crippen molar-refractivity contribution in [3.05, 3.63) is 16.7 Å². The molecule has 0 bridgehead atoms. The Balaban J connectivity index is 2.02. The van der Waals surface area contributed by atoms with Crippen molar-refractivity contribution >= 4 is 31.8 Å². The van der Waals surface area contributed by atoms with Gasteiger partial charge in [0.15, 0.2) is 5.82 Å². The van der Waals surface area contributed by atoms with Gasteiger partial charge in [0, 0.05) is 23.3 Å². The van der Waals surface area contributed by atoms with Crippen molar-refractivity contribution in [3.8, 4) is 0 Å². The number of rotatable bonds is 3. The number of hydrogen-bond donors (Lipinski definition) is 2.